The van der Waals surface area contributed by atoms with E-state index in [0.29, 0.717) is 16.7 Å². The summed E-state index contributed by atoms with van der Waals surface area (Å²) in [4.78, 5) is 4.03. The Kier molecular flexibility index (Phi) is 3.82. The molecule has 1 aromatic carbocycles. The Hall–Kier alpha value is -1.31. The third-order valence-corrected chi connectivity index (χ3v) is 3.00. The minimum Gasteiger partial charge on any atom is -0.271 e. The average molecular weight is 300 g/mol. The fourth-order valence-electron chi connectivity index (χ4n) is 1.52. The number of benzene rings is 1. The maximum absolute atomic E-state index is 13.1. The zero-order valence-corrected chi connectivity index (χ0v) is 10.4. The molecule has 2 aromatic rings. The molecular formula is C10H11BrFN5. The predicted molar refractivity (Wildman–Crippen MR) is 64.3 cm³/mol. The molecule has 0 aliphatic carbocycles. The van der Waals surface area contributed by atoms with Gasteiger partial charge in [0.1, 0.15) is 18.0 Å². The Bertz CT molecular complexity index is 487. The number of hydrazine groups is 1. The molecule has 7 heteroatoms. The van der Waals surface area contributed by atoms with Crippen LogP contribution in [-0.2, 0) is 6.42 Å². The standard InChI is InChI=1S/C10H11BrFN5/c11-7-3-6(1-2-8(7)12)4-9(16-13)10-14-5-15-17-10/h1-3,5,9,16H,4,13H2,(H,14,15,17). The van der Waals surface area contributed by atoms with Crippen LogP contribution < -0.4 is 11.3 Å². The van der Waals surface area contributed by atoms with Gasteiger partial charge in [-0.2, -0.15) is 5.10 Å². The molecule has 0 amide bonds. The molecule has 4 N–H and O–H groups in total. The topological polar surface area (TPSA) is 79.6 Å². The highest BCUT2D eigenvalue weighted by Crippen LogP contribution is 2.20. The van der Waals surface area contributed by atoms with Crippen molar-refractivity contribution in [3.05, 3.63) is 46.2 Å². The summed E-state index contributed by atoms with van der Waals surface area (Å²) in [5.41, 5.74) is 3.59. The van der Waals surface area contributed by atoms with Gasteiger partial charge in [-0.25, -0.2) is 14.8 Å². The predicted octanol–water partition coefficient (Wildman–Crippen LogP) is 1.45. The first-order valence-electron chi connectivity index (χ1n) is 4.96. The number of halogens is 2. The molecule has 1 aromatic heterocycles. The molecular weight excluding hydrogens is 289 g/mol. The van der Waals surface area contributed by atoms with E-state index in [1.54, 1.807) is 12.1 Å². The number of nitrogens with zero attached hydrogens (tertiary/aromatic N) is 2. The van der Waals surface area contributed by atoms with Gasteiger partial charge in [-0.3, -0.25) is 10.9 Å². The van der Waals surface area contributed by atoms with Gasteiger partial charge in [-0.1, -0.05) is 6.07 Å². The lowest BCUT2D eigenvalue weighted by Gasteiger charge is -2.13. The SMILES string of the molecule is NNC(Cc1ccc(F)c(Br)c1)c1ncn[nH]1. The van der Waals surface area contributed by atoms with Crippen molar-refractivity contribution in [1.29, 1.82) is 0 Å². The van der Waals surface area contributed by atoms with Crippen molar-refractivity contribution in [2.75, 3.05) is 0 Å². The number of nitrogens with one attached hydrogen (secondary N) is 2. The molecule has 0 radical (unpaired) electrons. The van der Waals surface area contributed by atoms with Gasteiger partial charge in [0.15, 0.2) is 0 Å². The molecule has 0 aliphatic heterocycles. The molecule has 2 rings (SSSR count). The molecule has 17 heavy (non-hydrogen) atoms. The first kappa shape index (κ1) is 12.2. The quantitative estimate of drug-likeness (QED) is 0.590. The van der Waals surface area contributed by atoms with E-state index in [1.807, 2.05) is 0 Å². The van der Waals surface area contributed by atoms with Gasteiger partial charge in [0, 0.05) is 0 Å². The molecule has 0 saturated heterocycles. The Morgan fingerprint density at radius 2 is 2.35 bits per heavy atom. The smallest absolute Gasteiger partial charge is 0.143 e. The Balaban J connectivity index is 2.16. The van der Waals surface area contributed by atoms with Gasteiger partial charge in [0.05, 0.1) is 10.5 Å². The minimum absolute atomic E-state index is 0.185. The molecule has 0 aliphatic rings. The normalized spacial score (nSPS) is 12.6. The Labute approximate surface area is 106 Å². The van der Waals surface area contributed by atoms with Gasteiger partial charge in [0.2, 0.25) is 0 Å². The first-order chi connectivity index (χ1) is 8.20. The molecule has 5 nitrogen and oxygen atoms in total. The summed E-state index contributed by atoms with van der Waals surface area (Å²) in [7, 11) is 0. The third kappa shape index (κ3) is 2.87. The van der Waals surface area contributed by atoms with Crippen molar-refractivity contribution >= 4 is 15.9 Å². The maximum atomic E-state index is 13.1. The second-order valence-corrected chi connectivity index (χ2v) is 4.40. The lowest BCUT2D eigenvalue weighted by molar-refractivity contribution is 0.523. The summed E-state index contributed by atoms with van der Waals surface area (Å²) in [5.74, 6) is 5.82. The molecule has 1 unspecified atom stereocenters. The van der Waals surface area contributed by atoms with Gasteiger partial charge in [-0.15, -0.1) is 0 Å². The number of aromatic amines is 1. The van der Waals surface area contributed by atoms with Crippen molar-refractivity contribution < 1.29 is 4.39 Å². The van der Waals surface area contributed by atoms with Crippen LogP contribution in [0.25, 0.3) is 0 Å². The first-order valence-corrected chi connectivity index (χ1v) is 5.75. The maximum Gasteiger partial charge on any atom is 0.143 e. The van der Waals surface area contributed by atoms with Crippen LogP contribution in [0.15, 0.2) is 29.0 Å². The highest BCUT2D eigenvalue weighted by atomic mass is 79.9. The van der Waals surface area contributed by atoms with Gasteiger partial charge < -0.3 is 0 Å². The number of hydrogen-bond acceptors (Lipinski definition) is 4. The van der Waals surface area contributed by atoms with Crippen LogP contribution in [0.3, 0.4) is 0 Å². The summed E-state index contributed by atoms with van der Waals surface area (Å²) >= 11 is 3.14. The van der Waals surface area contributed by atoms with Crippen LogP contribution >= 0.6 is 15.9 Å². The van der Waals surface area contributed by atoms with Crippen LogP contribution in [0, 0.1) is 5.82 Å². The van der Waals surface area contributed by atoms with E-state index in [2.05, 4.69) is 36.5 Å². The van der Waals surface area contributed by atoms with E-state index in [9.17, 15) is 4.39 Å². The highest BCUT2D eigenvalue weighted by molar-refractivity contribution is 9.10. The summed E-state index contributed by atoms with van der Waals surface area (Å²) in [6, 6.07) is 4.65. The highest BCUT2D eigenvalue weighted by Gasteiger charge is 2.14. The van der Waals surface area contributed by atoms with Crippen LogP contribution in [-0.4, -0.2) is 15.2 Å². The lowest BCUT2D eigenvalue weighted by atomic mass is 10.1. The number of H-pyrrole nitrogens is 1. The number of nitrogens with two attached hydrogens (primary N) is 1. The number of aromatic nitrogens is 3. The van der Waals surface area contributed by atoms with Gasteiger partial charge in [0.25, 0.3) is 0 Å². The molecule has 1 heterocycles. The van der Waals surface area contributed by atoms with Gasteiger partial charge in [-0.05, 0) is 40.0 Å². The van der Waals surface area contributed by atoms with E-state index >= 15 is 0 Å². The second kappa shape index (κ2) is 5.35. The molecule has 0 spiro atoms. The van der Waals surface area contributed by atoms with Crippen LogP contribution in [0.5, 0.6) is 0 Å². The molecule has 0 saturated carbocycles. The molecule has 0 fully saturated rings. The fourth-order valence-corrected chi connectivity index (χ4v) is 1.95. The van der Waals surface area contributed by atoms with Crippen molar-refractivity contribution in [2.24, 2.45) is 5.84 Å². The van der Waals surface area contributed by atoms with Crippen LogP contribution in [0.1, 0.15) is 17.4 Å². The largest absolute Gasteiger partial charge is 0.271 e. The summed E-state index contributed by atoms with van der Waals surface area (Å²) in [5, 5.41) is 6.51. The van der Waals surface area contributed by atoms with Crippen LogP contribution in [0.4, 0.5) is 4.39 Å². The molecule has 0 bridgehead atoms. The summed E-state index contributed by atoms with van der Waals surface area (Å²) in [6.45, 7) is 0. The Morgan fingerprint density at radius 3 is 2.94 bits per heavy atom. The molecule has 1 atom stereocenters. The van der Waals surface area contributed by atoms with E-state index in [-0.39, 0.29) is 11.9 Å². The zero-order valence-electron chi connectivity index (χ0n) is 8.82. The van der Waals surface area contributed by atoms with Crippen molar-refractivity contribution in [3.63, 3.8) is 0 Å². The monoisotopic (exact) mass is 299 g/mol. The number of rotatable bonds is 4. The van der Waals surface area contributed by atoms with E-state index in [4.69, 9.17) is 5.84 Å². The van der Waals surface area contributed by atoms with Crippen LogP contribution in [0.2, 0.25) is 0 Å². The lowest BCUT2D eigenvalue weighted by Crippen LogP contribution is -2.30. The van der Waals surface area contributed by atoms with E-state index in [1.165, 1.54) is 12.4 Å². The third-order valence-electron chi connectivity index (χ3n) is 2.39. The van der Waals surface area contributed by atoms with E-state index < -0.39 is 0 Å². The Morgan fingerprint density at radius 1 is 1.53 bits per heavy atom. The van der Waals surface area contributed by atoms with Crippen molar-refractivity contribution in [3.8, 4) is 0 Å². The second-order valence-electron chi connectivity index (χ2n) is 3.54. The fraction of sp³-hybridized carbons (Fsp3) is 0.200. The van der Waals surface area contributed by atoms with Gasteiger partial charge >= 0.3 is 0 Å². The van der Waals surface area contributed by atoms with Crippen molar-refractivity contribution in [1.82, 2.24) is 20.6 Å². The molecule has 90 valence electrons. The number of hydrogen-bond donors (Lipinski definition) is 3. The minimum atomic E-state index is -0.286. The van der Waals surface area contributed by atoms with E-state index in [0.717, 1.165) is 5.56 Å². The summed E-state index contributed by atoms with van der Waals surface area (Å²) in [6.07, 6.45) is 2.00. The zero-order chi connectivity index (χ0) is 12.3. The summed E-state index contributed by atoms with van der Waals surface area (Å²) < 4.78 is 13.5. The average Bonchev–Trinajstić information content (AvgIpc) is 2.84. The van der Waals surface area contributed by atoms with Crippen molar-refractivity contribution in [2.45, 2.75) is 12.5 Å².